The van der Waals surface area contributed by atoms with Crippen molar-refractivity contribution in [2.75, 3.05) is 5.75 Å². The SMILES string of the molecule is Cc1ccc(C(=O)CSc2ncnc3sc4c(c23)CCC(C)C4)cc1C. The molecule has 2 heterocycles. The molecule has 3 nitrogen and oxygen atoms in total. The minimum absolute atomic E-state index is 0.155. The lowest BCUT2D eigenvalue weighted by molar-refractivity contribution is 0.102. The van der Waals surface area contributed by atoms with Crippen LogP contribution in [-0.2, 0) is 12.8 Å². The predicted octanol–water partition coefficient (Wildman–Crippen LogP) is 5.41. The highest BCUT2D eigenvalue weighted by molar-refractivity contribution is 8.00. The summed E-state index contributed by atoms with van der Waals surface area (Å²) in [5.41, 5.74) is 4.58. The van der Waals surface area contributed by atoms with Crippen LogP contribution in [0.1, 0.15) is 45.3 Å². The number of thiophene rings is 1. The van der Waals surface area contributed by atoms with Gasteiger partial charge in [0, 0.05) is 15.8 Å². The van der Waals surface area contributed by atoms with Crippen molar-refractivity contribution in [2.45, 2.75) is 45.1 Å². The number of benzene rings is 1. The van der Waals surface area contributed by atoms with Crippen molar-refractivity contribution in [3.05, 3.63) is 51.7 Å². The molecule has 1 aromatic carbocycles. The van der Waals surface area contributed by atoms with Gasteiger partial charge in [-0.15, -0.1) is 11.3 Å². The molecule has 3 aromatic rings. The zero-order valence-corrected chi connectivity index (χ0v) is 17.0. The van der Waals surface area contributed by atoms with Crippen LogP contribution < -0.4 is 0 Å². The third-order valence-electron chi connectivity index (χ3n) is 5.23. The van der Waals surface area contributed by atoms with E-state index in [0.29, 0.717) is 5.75 Å². The number of rotatable bonds is 4. The van der Waals surface area contributed by atoms with Gasteiger partial charge in [-0.3, -0.25) is 4.79 Å². The van der Waals surface area contributed by atoms with Crippen LogP contribution in [0, 0.1) is 19.8 Å². The third-order valence-corrected chi connectivity index (χ3v) is 7.38. The number of fused-ring (bicyclic) bond motifs is 3. The number of hydrogen-bond acceptors (Lipinski definition) is 5. The van der Waals surface area contributed by atoms with Gasteiger partial charge in [0.25, 0.3) is 0 Å². The van der Waals surface area contributed by atoms with Crippen molar-refractivity contribution >= 4 is 39.1 Å². The number of ketones is 1. The molecule has 0 radical (unpaired) electrons. The second-order valence-electron chi connectivity index (χ2n) is 7.22. The average molecular weight is 383 g/mol. The molecule has 5 heteroatoms. The summed E-state index contributed by atoms with van der Waals surface area (Å²) in [6.45, 7) is 6.43. The van der Waals surface area contributed by atoms with Gasteiger partial charge in [0.2, 0.25) is 0 Å². The van der Waals surface area contributed by atoms with Crippen LogP contribution >= 0.6 is 23.1 Å². The third kappa shape index (κ3) is 3.30. The first-order chi connectivity index (χ1) is 12.5. The molecule has 0 aliphatic heterocycles. The fraction of sp³-hybridized carbons (Fsp3) is 0.381. The zero-order valence-electron chi connectivity index (χ0n) is 15.3. The van der Waals surface area contributed by atoms with Crippen molar-refractivity contribution < 1.29 is 4.79 Å². The summed E-state index contributed by atoms with van der Waals surface area (Å²) >= 11 is 3.35. The fourth-order valence-electron chi connectivity index (χ4n) is 3.49. The lowest BCUT2D eigenvalue weighted by Gasteiger charge is -2.18. The molecular formula is C21H22N2OS2. The summed E-state index contributed by atoms with van der Waals surface area (Å²) in [5.74, 6) is 1.31. The Hall–Kier alpha value is -1.72. The van der Waals surface area contributed by atoms with Crippen LogP contribution in [0.2, 0.25) is 0 Å². The molecular weight excluding hydrogens is 360 g/mol. The van der Waals surface area contributed by atoms with Gasteiger partial charge in [0.15, 0.2) is 5.78 Å². The van der Waals surface area contributed by atoms with E-state index in [2.05, 4.69) is 23.8 Å². The number of aromatic nitrogens is 2. The first kappa shape index (κ1) is 17.7. The second kappa shape index (κ2) is 7.12. The van der Waals surface area contributed by atoms with Crippen LogP contribution in [0.3, 0.4) is 0 Å². The van der Waals surface area contributed by atoms with Crippen LogP contribution in [0.15, 0.2) is 29.6 Å². The Morgan fingerprint density at radius 3 is 2.92 bits per heavy atom. The minimum atomic E-state index is 0.155. The molecule has 0 saturated heterocycles. The molecule has 134 valence electrons. The van der Waals surface area contributed by atoms with Crippen molar-refractivity contribution in [2.24, 2.45) is 5.92 Å². The average Bonchev–Trinajstić information content (AvgIpc) is 2.99. The topological polar surface area (TPSA) is 42.9 Å². The van der Waals surface area contributed by atoms with Crippen molar-refractivity contribution in [3.8, 4) is 0 Å². The fourth-order valence-corrected chi connectivity index (χ4v) is 5.82. The highest BCUT2D eigenvalue weighted by Crippen LogP contribution is 2.40. The summed E-state index contributed by atoms with van der Waals surface area (Å²) in [5, 5.41) is 2.15. The first-order valence-electron chi connectivity index (χ1n) is 9.01. The Balaban J connectivity index is 1.59. The highest BCUT2D eigenvalue weighted by atomic mass is 32.2. The van der Waals surface area contributed by atoms with Gasteiger partial charge in [-0.1, -0.05) is 30.8 Å². The largest absolute Gasteiger partial charge is 0.293 e. The summed E-state index contributed by atoms with van der Waals surface area (Å²) in [6.07, 6.45) is 5.10. The summed E-state index contributed by atoms with van der Waals surface area (Å²) < 4.78 is 0. The maximum absolute atomic E-state index is 12.6. The maximum Gasteiger partial charge on any atom is 0.173 e. The summed E-state index contributed by atoms with van der Waals surface area (Å²) in [7, 11) is 0. The molecule has 0 fully saturated rings. The standard InChI is InChI=1S/C21H22N2OS2/c1-12-4-7-16-18(8-12)26-21-19(16)20(22-11-23-21)25-10-17(24)15-6-5-13(2)14(3)9-15/h5-6,9,11-12H,4,7-8,10H2,1-3H3. The normalized spacial score (nSPS) is 16.7. The Morgan fingerprint density at radius 1 is 1.27 bits per heavy atom. The molecule has 2 aromatic heterocycles. The van der Waals surface area contributed by atoms with Crippen LogP contribution in [0.25, 0.3) is 10.2 Å². The zero-order chi connectivity index (χ0) is 18.3. The summed E-state index contributed by atoms with van der Waals surface area (Å²) in [4.78, 5) is 24.2. The second-order valence-corrected chi connectivity index (χ2v) is 9.27. The lowest BCUT2D eigenvalue weighted by Crippen LogP contribution is -2.09. The number of carbonyl (C=O) groups is 1. The van der Waals surface area contributed by atoms with Gasteiger partial charge < -0.3 is 0 Å². The van der Waals surface area contributed by atoms with Crippen molar-refractivity contribution in [3.63, 3.8) is 0 Å². The van der Waals surface area contributed by atoms with E-state index in [1.165, 1.54) is 27.8 Å². The monoisotopic (exact) mass is 382 g/mol. The molecule has 4 rings (SSSR count). The van der Waals surface area contributed by atoms with Crippen LogP contribution in [0.4, 0.5) is 0 Å². The number of aryl methyl sites for hydroxylation is 3. The maximum atomic E-state index is 12.6. The molecule has 1 aliphatic rings. The van der Waals surface area contributed by atoms with E-state index in [0.717, 1.165) is 39.7 Å². The molecule has 0 bridgehead atoms. The molecule has 0 N–H and O–H groups in total. The Labute approximate surface area is 162 Å². The smallest absolute Gasteiger partial charge is 0.173 e. The van der Waals surface area contributed by atoms with Crippen LogP contribution in [-0.4, -0.2) is 21.5 Å². The van der Waals surface area contributed by atoms with Gasteiger partial charge in [-0.25, -0.2) is 9.97 Å². The number of nitrogens with zero attached hydrogens (tertiary/aromatic N) is 2. The molecule has 1 aliphatic carbocycles. The minimum Gasteiger partial charge on any atom is -0.293 e. The number of hydrogen-bond donors (Lipinski definition) is 0. The Bertz CT molecular complexity index is 993. The van der Waals surface area contributed by atoms with Crippen LogP contribution in [0.5, 0.6) is 0 Å². The molecule has 0 spiro atoms. The van der Waals surface area contributed by atoms with E-state index in [9.17, 15) is 4.79 Å². The number of Topliss-reactive ketones (excluding diaryl/α,β-unsaturated/α-hetero) is 1. The van der Waals surface area contributed by atoms with E-state index in [1.807, 2.05) is 25.1 Å². The molecule has 26 heavy (non-hydrogen) atoms. The van der Waals surface area contributed by atoms with Crippen molar-refractivity contribution in [1.29, 1.82) is 0 Å². The van der Waals surface area contributed by atoms with Gasteiger partial charge in [-0.2, -0.15) is 0 Å². The van der Waals surface area contributed by atoms with E-state index >= 15 is 0 Å². The summed E-state index contributed by atoms with van der Waals surface area (Å²) in [6, 6.07) is 5.93. The van der Waals surface area contributed by atoms with Gasteiger partial charge >= 0.3 is 0 Å². The van der Waals surface area contributed by atoms with E-state index in [4.69, 9.17) is 0 Å². The quantitative estimate of drug-likeness (QED) is 0.344. The lowest BCUT2D eigenvalue weighted by atomic mass is 9.89. The van der Waals surface area contributed by atoms with Gasteiger partial charge in [0.1, 0.15) is 16.2 Å². The predicted molar refractivity (Wildman–Crippen MR) is 110 cm³/mol. The van der Waals surface area contributed by atoms with Crippen molar-refractivity contribution in [1.82, 2.24) is 9.97 Å². The van der Waals surface area contributed by atoms with E-state index in [1.54, 1.807) is 29.4 Å². The molecule has 1 unspecified atom stereocenters. The Morgan fingerprint density at radius 2 is 2.12 bits per heavy atom. The first-order valence-corrected chi connectivity index (χ1v) is 10.8. The highest BCUT2D eigenvalue weighted by Gasteiger charge is 2.23. The molecule has 0 amide bonds. The number of thioether (sulfide) groups is 1. The van der Waals surface area contributed by atoms with E-state index < -0.39 is 0 Å². The van der Waals surface area contributed by atoms with Gasteiger partial charge in [0.05, 0.1) is 5.75 Å². The molecule has 0 saturated carbocycles. The van der Waals surface area contributed by atoms with E-state index in [-0.39, 0.29) is 5.78 Å². The number of carbonyl (C=O) groups excluding carboxylic acids is 1. The molecule has 1 atom stereocenters. The Kier molecular flexibility index (Phi) is 4.84. The van der Waals surface area contributed by atoms with Gasteiger partial charge in [-0.05, 0) is 61.8 Å².